The first-order valence-corrected chi connectivity index (χ1v) is 11.5. The van der Waals surface area contributed by atoms with E-state index < -0.39 is 17.7 Å². The molecule has 0 spiro atoms. The van der Waals surface area contributed by atoms with E-state index in [0.29, 0.717) is 38.5 Å². The molecule has 0 unspecified atom stereocenters. The summed E-state index contributed by atoms with van der Waals surface area (Å²) in [5.41, 5.74) is 1.39. The summed E-state index contributed by atoms with van der Waals surface area (Å²) in [6.07, 6.45) is 0.903. The zero-order valence-electron chi connectivity index (χ0n) is 18.9. The summed E-state index contributed by atoms with van der Waals surface area (Å²) in [5.74, 6) is -0.667. The highest BCUT2D eigenvalue weighted by atomic mass is 16.5. The monoisotopic (exact) mass is 450 g/mol. The van der Waals surface area contributed by atoms with Gasteiger partial charge < -0.3 is 19.5 Å². The third-order valence-corrected chi connectivity index (χ3v) is 6.02. The fourth-order valence-corrected chi connectivity index (χ4v) is 4.25. The molecule has 1 N–H and O–H groups in total. The van der Waals surface area contributed by atoms with Gasteiger partial charge in [-0.3, -0.25) is 14.5 Å². The molecule has 2 aliphatic heterocycles. The predicted molar refractivity (Wildman–Crippen MR) is 125 cm³/mol. The van der Waals surface area contributed by atoms with Gasteiger partial charge >= 0.3 is 0 Å². The minimum Gasteiger partial charge on any atom is -0.507 e. The average Bonchev–Trinajstić information content (AvgIpc) is 3.12. The van der Waals surface area contributed by atoms with Crippen LogP contribution in [0.3, 0.4) is 0 Å². The standard InChI is InChI=1S/C26H30N2O5/c1-2-16-33-21-10-8-19(9-11-21)23-22(24(29)20-6-4-3-5-7-20)25(30)26(31)28(23)13-12-27-14-17-32-18-15-27/h3-11,23,29H,2,12-18H2,1H3/t23-/m1/s1. The van der Waals surface area contributed by atoms with Crippen molar-refractivity contribution < 1.29 is 24.2 Å². The number of hydrogen-bond donors (Lipinski definition) is 1. The normalized spacial score (nSPS) is 20.9. The number of amides is 1. The van der Waals surface area contributed by atoms with Crippen LogP contribution in [0, 0.1) is 0 Å². The Morgan fingerprint density at radius 2 is 1.73 bits per heavy atom. The van der Waals surface area contributed by atoms with Crippen LogP contribution >= 0.6 is 0 Å². The van der Waals surface area contributed by atoms with Crippen LogP contribution < -0.4 is 4.74 Å². The number of aliphatic hydroxyl groups is 1. The second kappa shape index (κ2) is 10.6. The lowest BCUT2D eigenvalue weighted by Gasteiger charge is -2.31. The summed E-state index contributed by atoms with van der Waals surface area (Å²) in [5, 5.41) is 11.1. The number of nitrogens with zero attached hydrogens (tertiary/aromatic N) is 2. The molecule has 0 radical (unpaired) electrons. The molecule has 0 saturated carbocycles. The molecule has 2 heterocycles. The summed E-state index contributed by atoms with van der Waals surface area (Å²) in [4.78, 5) is 30.0. The summed E-state index contributed by atoms with van der Waals surface area (Å²) in [7, 11) is 0. The van der Waals surface area contributed by atoms with Gasteiger partial charge in [0.25, 0.3) is 11.7 Å². The van der Waals surface area contributed by atoms with E-state index in [1.54, 1.807) is 29.2 Å². The number of ketones is 1. The van der Waals surface area contributed by atoms with Crippen LogP contribution in [0.5, 0.6) is 5.75 Å². The summed E-state index contributed by atoms with van der Waals surface area (Å²) in [6.45, 7) is 6.59. The third kappa shape index (κ3) is 5.10. The van der Waals surface area contributed by atoms with E-state index >= 15 is 0 Å². The van der Waals surface area contributed by atoms with E-state index in [1.165, 1.54) is 0 Å². The van der Waals surface area contributed by atoms with Gasteiger partial charge in [0, 0.05) is 31.7 Å². The number of Topliss-reactive ketones (excluding diaryl/α,β-unsaturated/α-hetero) is 1. The van der Waals surface area contributed by atoms with Crippen LogP contribution in [-0.2, 0) is 14.3 Å². The molecule has 0 aliphatic carbocycles. The maximum atomic E-state index is 13.1. The molecule has 4 rings (SSSR count). The molecule has 174 valence electrons. The summed E-state index contributed by atoms with van der Waals surface area (Å²) >= 11 is 0. The lowest BCUT2D eigenvalue weighted by Crippen LogP contribution is -2.42. The van der Waals surface area contributed by atoms with Crippen LogP contribution in [0.15, 0.2) is 60.2 Å². The highest BCUT2D eigenvalue weighted by Crippen LogP contribution is 2.39. The predicted octanol–water partition coefficient (Wildman–Crippen LogP) is 3.23. The van der Waals surface area contributed by atoms with Crippen molar-refractivity contribution >= 4 is 17.4 Å². The Morgan fingerprint density at radius 3 is 2.39 bits per heavy atom. The molecule has 1 atom stereocenters. The number of hydrogen-bond acceptors (Lipinski definition) is 6. The number of carbonyl (C=O) groups is 2. The highest BCUT2D eigenvalue weighted by molar-refractivity contribution is 6.46. The van der Waals surface area contributed by atoms with Crippen LogP contribution in [0.4, 0.5) is 0 Å². The maximum absolute atomic E-state index is 13.1. The van der Waals surface area contributed by atoms with Gasteiger partial charge in [0.2, 0.25) is 0 Å². The third-order valence-electron chi connectivity index (χ3n) is 6.02. The molecule has 2 aromatic carbocycles. The van der Waals surface area contributed by atoms with Crippen molar-refractivity contribution in [2.24, 2.45) is 0 Å². The zero-order chi connectivity index (χ0) is 23.2. The van der Waals surface area contributed by atoms with Gasteiger partial charge in [0.1, 0.15) is 11.5 Å². The molecule has 2 saturated heterocycles. The molecule has 2 aromatic rings. The van der Waals surface area contributed by atoms with Gasteiger partial charge in [-0.15, -0.1) is 0 Å². The number of benzene rings is 2. The summed E-state index contributed by atoms with van der Waals surface area (Å²) < 4.78 is 11.1. The minimum absolute atomic E-state index is 0.121. The average molecular weight is 451 g/mol. The molecule has 1 amide bonds. The molecule has 7 nitrogen and oxygen atoms in total. The SMILES string of the molecule is CCCOc1ccc([C@@H]2C(=C(O)c3ccccc3)C(=O)C(=O)N2CCN2CCOCC2)cc1. The van der Waals surface area contributed by atoms with E-state index in [2.05, 4.69) is 4.90 Å². The van der Waals surface area contributed by atoms with Gasteiger partial charge in [0.15, 0.2) is 0 Å². The van der Waals surface area contributed by atoms with E-state index in [4.69, 9.17) is 9.47 Å². The number of ether oxygens (including phenoxy) is 2. The number of likely N-dealkylation sites (tertiary alicyclic amines) is 1. The Hall–Kier alpha value is -3.16. The first-order chi connectivity index (χ1) is 16.1. The number of rotatable bonds is 8. The van der Waals surface area contributed by atoms with Gasteiger partial charge in [-0.1, -0.05) is 49.4 Å². The fourth-order valence-electron chi connectivity index (χ4n) is 4.25. The second-order valence-electron chi connectivity index (χ2n) is 8.23. The molecule has 33 heavy (non-hydrogen) atoms. The minimum atomic E-state index is -0.661. The first-order valence-electron chi connectivity index (χ1n) is 11.5. The van der Waals surface area contributed by atoms with Crippen molar-refractivity contribution in [3.63, 3.8) is 0 Å². The Labute approximate surface area is 194 Å². The van der Waals surface area contributed by atoms with E-state index in [9.17, 15) is 14.7 Å². The maximum Gasteiger partial charge on any atom is 0.295 e. The molecule has 2 fully saturated rings. The number of carbonyl (C=O) groups excluding carboxylic acids is 2. The lowest BCUT2D eigenvalue weighted by molar-refractivity contribution is -0.140. The Balaban J connectivity index is 1.68. The first kappa shape index (κ1) is 23.0. The highest BCUT2D eigenvalue weighted by Gasteiger charge is 2.46. The smallest absolute Gasteiger partial charge is 0.295 e. The molecular formula is C26H30N2O5. The van der Waals surface area contributed by atoms with Crippen molar-refractivity contribution in [2.75, 3.05) is 46.0 Å². The zero-order valence-corrected chi connectivity index (χ0v) is 18.9. The number of aliphatic hydroxyl groups excluding tert-OH is 1. The Bertz CT molecular complexity index is 997. The van der Waals surface area contributed by atoms with Crippen molar-refractivity contribution in [3.05, 3.63) is 71.3 Å². The topological polar surface area (TPSA) is 79.3 Å². The van der Waals surface area contributed by atoms with Gasteiger partial charge in [0.05, 0.1) is 31.4 Å². The van der Waals surface area contributed by atoms with Crippen LogP contribution in [0.1, 0.15) is 30.5 Å². The van der Waals surface area contributed by atoms with Gasteiger partial charge in [-0.2, -0.15) is 0 Å². The van der Waals surface area contributed by atoms with Gasteiger partial charge in [-0.25, -0.2) is 0 Å². The molecular weight excluding hydrogens is 420 g/mol. The van der Waals surface area contributed by atoms with E-state index in [0.717, 1.165) is 30.8 Å². The van der Waals surface area contributed by atoms with Crippen LogP contribution in [-0.4, -0.2) is 72.6 Å². The largest absolute Gasteiger partial charge is 0.507 e. The Kier molecular flexibility index (Phi) is 7.42. The van der Waals surface area contributed by atoms with Crippen molar-refractivity contribution in [3.8, 4) is 5.75 Å². The summed E-state index contributed by atoms with van der Waals surface area (Å²) in [6, 6.07) is 15.6. The molecule has 0 aromatic heterocycles. The fraction of sp³-hybridized carbons (Fsp3) is 0.385. The number of morpholine rings is 1. The van der Waals surface area contributed by atoms with E-state index in [-0.39, 0.29) is 11.3 Å². The van der Waals surface area contributed by atoms with Gasteiger partial charge in [-0.05, 0) is 24.1 Å². The molecule has 2 aliphatic rings. The van der Waals surface area contributed by atoms with Crippen molar-refractivity contribution in [2.45, 2.75) is 19.4 Å². The molecule has 7 heteroatoms. The lowest BCUT2D eigenvalue weighted by atomic mass is 9.95. The van der Waals surface area contributed by atoms with Crippen molar-refractivity contribution in [1.82, 2.24) is 9.80 Å². The van der Waals surface area contributed by atoms with Crippen molar-refractivity contribution in [1.29, 1.82) is 0 Å². The van der Waals surface area contributed by atoms with Crippen LogP contribution in [0.2, 0.25) is 0 Å². The van der Waals surface area contributed by atoms with Crippen LogP contribution in [0.25, 0.3) is 5.76 Å². The quantitative estimate of drug-likeness (QED) is 0.378. The van der Waals surface area contributed by atoms with E-state index in [1.807, 2.05) is 37.3 Å². The second-order valence-corrected chi connectivity index (χ2v) is 8.23. The molecule has 0 bridgehead atoms. The Morgan fingerprint density at radius 1 is 1.03 bits per heavy atom.